The van der Waals surface area contributed by atoms with Crippen LogP contribution in [-0.4, -0.2) is 35.0 Å². The van der Waals surface area contributed by atoms with Gasteiger partial charge in [-0.15, -0.1) is 0 Å². The second-order valence-corrected chi connectivity index (χ2v) is 11.2. The van der Waals surface area contributed by atoms with E-state index in [2.05, 4.69) is 10.2 Å². The van der Waals surface area contributed by atoms with Crippen molar-refractivity contribution in [3.63, 3.8) is 0 Å². The number of ketones is 2. The monoisotopic (exact) mass is 498 g/mol. The van der Waals surface area contributed by atoms with Crippen LogP contribution in [-0.2, 0) is 15.7 Å². The Labute approximate surface area is 220 Å². The van der Waals surface area contributed by atoms with Gasteiger partial charge in [0.15, 0.2) is 11.6 Å². The molecule has 0 aromatic heterocycles. The van der Waals surface area contributed by atoms with Crippen molar-refractivity contribution < 1.29 is 14.4 Å². The Hall–Kier alpha value is -4.09. The Bertz CT molecular complexity index is 1720. The second-order valence-electron chi connectivity index (χ2n) is 11.2. The van der Waals surface area contributed by atoms with Crippen LogP contribution < -0.4 is 5.32 Å². The van der Waals surface area contributed by atoms with E-state index in [0.29, 0.717) is 23.4 Å². The molecule has 1 amide bonds. The molecule has 4 aliphatic rings. The van der Waals surface area contributed by atoms with E-state index >= 15 is 0 Å². The van der Waals surface area contributed by atoms with E-state index in [1.807, 2.05) is 91.9 Å². The van der Waals surface area contributed by atoms with Crippen molar-refractivity contribution in [2.45, 2.75) is 36.8 Å². The van der Waals surface area contributed by atoms with Gasteiger partial charge in [-0.25, -0.2) is 0 Å². The molecule has 3 aliphatic heterocycles. The number of nitrogens with one attached hydrogen (secondary N) is 1. The standard InChI is InChI=1S/C33H26N2O3/c1-19-14-16-21(17-15-19)29(36)28-26-13-6-18-35(26)33(32(28)23-10-2-3-12-25(23)34-31(32)38)24-11-5-8-20-7-4-9-22(27(20)24)30(33)37/h2-5,7-12,14-17,26,28H,6,13,18H2,1H3,(H,34,38)/t26-,28+,32-,33-/m1/s1. The van der Waals surface area contributed by atoms with E-state index in [0.717, 1.165) is 40.3 Å². The number of nitrogens with zero attached hydrogens (tertiary/aromatic N) is 1. The van der Waals surface area contributed by atoms with Gasteiger partial charge < -0.3 is 5.32 Å². The van der Waals surface area contributed by atoms with Crippen molar-refractivity contribution in [3.8, 4) is 0 Å². The minimum Gasteiger partial charge on any atom is -0.325 e. The lowest BCUT2D eigenvalue weighted by Gasteiger charge is -2.44. The van der Waals surface area contributed by atoms with Crippen molar-refractivity contribution in [1.82, 2.24) is 4.90 Å². The van der Waals surface area contributed by atoms with Crippen molar-refractivity contribution in [2.24, 2.45) is 5.92 Å². The molecular formula is C33H26N2O3. The summed E-state index contributed by atoms with van der Waals surface area (Å²) in [6, 6.07) is 26.9. The molecule has 4 atom stereocenters. The normalized spacial score (nSPS) is 28.9. The third-order valence-corrected chi connectivity index (χ3v) is 9.60. The second kappa shape index (κ2) is 7.27. The Balaban J connectivity index is 1.51. The molecule has 2 spiro atoms. The number of fused-ring (bicyclic) bond motifs is 6. The van der Waals surface area contributed by atoms with E-state index in [1.54, 1.807) is 0 Å². The fourth-order valence-corrected chi connectivity index (χ4v) is 8.34. The molecule has 4 aromatic rings. The summed E-state index contributed by atoms with van der Waals surface area (Å²) in [6.07, 6.45) is 1.64. The highest BCUT2D eigenvalue weighted by molar-refractivity contribution is 6.27. The zero-order valence-corrected chi connectivity index (χ0v) is 21.0. The van der Waals surface area contributed by atoms with Crippen LogP contribution in [0.1, 0.15) is 50.2 Å². The number of benzene rings is 4. The quantitative estimate of drug-likeness (QED) is 0.376. The van der Waals surface area contributed by atoms with Gasteiger partial charge in [0.25, 0.3) is 0 Å². The predicted octanol–water partition coefficient (Wildman–Crippen LogP) is 5.41. The summed E-state index contributed by atoms with van der Waals surface area (Å²) in [4.78, 5) is 46.5. The van der Waals surface area contributed by atoms with Crippen molar-refractivity contribution >= 4 is 33.9 Å². The minimum atomic E-state index is -1.39. The Morgan fingerprint density at radius 1 is 0.895 bits per heavy atom. The minimum absolute atomic E-state index is 0.0674. The van der Waals surface area contributed by atoms with Crippen LogP contribution >= 0.6 is 0 Å². The third kappa shape index (κ3) is 2.27. The summed E-state index contributed by atoms with van der Waals surface area (Å²) in [7, 11) is 0. The number of Topliss-reactive ketones (excluding diaryl/α,β-unsaturated/α-hetero) is 2. The highest BCUT2D eigenvalue weighted by Crippen LogP contribution is 2.68. The molecule has 38 heavy (non-hydrogen) atoms. The lowest BCUT2D eigenvalue weighted by molar-refractivity contribution is -0.124. The first-order valence-electron chi connectivity index (χ1n) is 13.4. The Kier molecular flexibility index (Phi) is 4.20. The molecule has 0 saturated carbocycles. The summed E-state index contributed by atoms with van der Waals surface area (Å²) >= 11 is 0. The third-order valence-electron chi connectivity index (χ3n) is 9.60. The molecule has 1 N–H and O–H groups in total. The lowest BCUT2D eigenvalue weighted by Crippen LogP contribution is -2.61. The number of carbonyl (C=O) groups is 3. The van der Waals surface area contributed by atoms with Crippen LogP contribution in [0.15, 0.2) is 84.9 Å². The van der Waals surface area contributed by atoms with Gasteiger partial charge in [0.2, 0.25) is 5.91 Å². The van der Waals surface area contributed by atoms with Gasteiger partial charge in [-0.1, -0.05) is 84.4 Å². The first-order valence-corrected chi connectivity index (χ1v) is 13.4. The number of hydrogen-bond acceptors (Lipinski definition) is 4. The maximum Gasteiger partial charge on any atom is 0.238 e. The fourth-order valence-electron chi connectivity index (χ4n) is 8.34. The molecule has 0 bridgehead atoms. The van der Waals surface area contributed by atoms with Gasteiger partial charge >= 0.3 is 0 Å². The fraction of sp³-hybridized carbons (Fsp3) is 0.242. The van der Waals surface area contributed by atoms with E-state index < -0.39 is 16.9 Å². The molecular weight excluding hydrogens is 472 g/mol. The van der Waals surface area contributed by atoms with Crippen molar-refractivity contribution in [2.75, 3.05) is 11.9 Å². The zero-order chi connectivity index (χ0) is 25.8. The molecule has 4 aromatic carbocycles. The first kappa shape index (κ1) is 21.9. The summed E-state index contributed by atoms with van der Waals surface area (Å²) in [5.41, 5.74) is 1.91. The summed E-state index contributed by atoms with van der Waals surface area (Å²) in [5, 5.41) is 5.02. The maximum atomic E-state index is 15.0. The van der Waals surface area contributed by atoms with Gasteiger partial charge in [0.1, 0.15) is 11.0 Å². The van der Waals surface area contributed by atoms with Crippen LogP contribution in [0.3, 0.4) is 0 Å². The first-order chi connectivity index (χ1) is 18.5. The van der Waals surface area contributed by atoms with Crippen molar-refractivity contribution in [3.05, 3.63) is 113 Å². The number of anilines is 1. The average Bonchev–Trinajstić information content (AvgIpc) is 3.65. The molecule has 3 heterocycles. The van der Waals surface area contributed by atoms with Crippen LogP contribution in [0.4, 0.5) is 5.69 Å². The van der Waals surface area contributed by atoms with Gasteiger partial charge in [0.05, 0.1) is 5.92 Å². The SMILES string of the molecule is Cc1ccc(C(=O)[C@@H]2[C@H]3CCCN3[C@]3(C(=O)c4cccc5cccc3c45)[C@@]23C(=O)Nc2ccccc23)cc1. The summed E-state index contributed by atoms with van der Waals surface area (Å²) in [5.74, 6) is -1.09. The van der Waals surface area contributed by atoms with Gasteiger partial charge in [-0.05, 0) is 54.3 Å². The van der Waals surface area contributed by atoms with Crippen molar-refractivity contribution in [1.29, 1.82) is 0 Å². The largest absolute Gasteiger partial charge is 0.325 e. The Morgan fingerprint density at radius 3 is 2.45 bits per heavy atom. The van der Waals surface area contributed by atoms with Crippen LogP contribution in [0, 0.1) is 12.8 Å². The van der Waals surface area contributed by atoms with E-state index in [1.165, 1.54) is 0 Å². The van der Waals surface area contributed by atoms with E-state index in [9.17, 15) is 14.4 Å². The van der Waals surface area contributed by atoms with Gasteiger partial charge in [-0.3, -0.25) is 19.3 Å². The Morgan fingerprint density at radius 2 is 1.63 bits per heavy atom. The zero-order valence-electron chi connectivity index (χ0n) is 21.0. The number of aryl methyl sites for hydroxylation is 1. The number of hydrogen-bond donors (Lipinski definition) is 1. The van der Waals surface area contributed by atoms with Gasteiger partial charge in [0, 0.05) is 22.9 Å². The van der Waals surface area contributed by atoms with Crippen LogP contribution in [0.25, 0.3) is 10.8 Å². The molecule has 186 valence electrons. The maximum absolute atomic E-state index is 15.0. The van der Waals surface area contributed by atoms with E-state index in [-0.39, 0.29) is 23.5 Å². The molecule has 5 nitrogen and oxygen atoms in total. The summed E-state index contributed by atoms with van der Waals surface area (Å²) < 4.78 is 0. The smallest absolute Gasteiger partial charge is 0.238 e. The molecule has 1 aliphatic carbocycles. The number of amides is 1. The molecule has 2 fully saturated rings. The lowest BCUT2D eigenvalue weighted by atomic mass is 9.56. The molecule has 2 saturated heterocycles. The van der Waals surface area contributed by atoms with Gasteiger partial charge in [-0.2, -0.15) is 0 Å². The number of rotatable bonds is 2. The molecule has 0 radical (unpaired) electrons. The number of carbonyl (C=O) groups excluding carboxylic acids is 3. The molecule has 5 heteroatoms. The highest BCUT2D eigenvalue weighted by Gasteiger charge is 2.80. The summed E-state index contributed by atoms with van der Waals surface area (Å²) in [6.45, 7) is 2.66. The molecule has 8 rings (SSSR count). The average molecular weight is 499 g/mol. The molecule has 0 unspecified atom stereocenters. The number of para-hydroxylation sites is 1. The highest BCUT2D eigenvalue weighted by atomic mass is 16.2. The van der Waals surface area contributed by atoms with Crippen LogP contribution in [0.5, 0.6) is 0 Å². The predicted molar refractivity (Wildman–Crippen MR) is 145 cm³/mol. The topological polar surface area (TPSA) is 66.5 Å². The van der Waals surface area contributed by atoms with E-state index in [4.69, 9.17) is 0 Å². The van der Waals surface area contributed by atoms with Crippen LogP contribution in [0.2, 0.25) is 0 Å².